The maximum absolute atomic E-state index is 11.2. The Bertz CT molecular complexity index is 1070. The third-order valence-electron chi connectivity index (χ3n) is 3.84. The number of nitriles is 1. The van der Waals surface area contributed by atoms with Gasteiger partial charge in [0, 0.05) is 11.5 Å². The first-order chi connectivity index (χ1) is 13.1. The first-order valence-corrected chi connectivity index (χ1v) is 8.02. The Morgan fingerprint density at radius 2 is 2.04 bits per heavy atom. The average Bonchev–Trinajstić information content (AvgIpc) is 2.70. The molecule has 0 saturated heterocycles. The van der Waals surface area contributed by atoms with Crippen LogP contribution in [0.5, 0.6) is 11.5 Å². The second kappa shape index (κ2) is 7.97. The van der Waals surface area contributed by atoms with Crippen molar-refractivity contribution >= 4 is 28.7 Å². The molecule has 7 heteroatoms. The molecule has 0 radical (unpaired) electrons. The SMILES string of the molecule is COc1cc(/C=C/c2ccc3cccc([N+](=O)[O-])c3n2)ccc1OCC#N. The average molecular weight is 361 g/mol. The van der Waals surface area contributed by atoms with E-state index < -0.39 is 4.92 Å². The molecule has 0 atom stereocenters. The predicted molar refractivity (Wildman–Crippen MR) is 101 cm³/mol. The second-order valence-electron chi connectivity index (χ2n) is 5.53. The molecular formula is C20H15N3O4. The molecule has 2 aromatic carbocycles. The minimum absolute atomic E-state index is 0.0246. The number of para-hydroxylation sites is 1. The van der Waals surface area contributed by atoms with Crippen molar-refractivity contribution in [2.75, 3.05) is 13.7 Å². The summed E-state index contributed by atoms with van der Waals surface area (Å²) < 4.78 is 10.6. The van der Waals surface area contributed by atoms with Crippen LogP contribution in [0.25, 0.3) is 23.1 Å². The van der Waals surface area contributed by atoms with E-state index in [2.05, 4.69) is 4.98 Å². The molecule has 0 N–H and O–H groups in total. The lowest BCUT2D eigenvalue weighted by molar-refractivity contribution is -0.383. The number of pyridine rings is 1. The Hall–Kier alpha value is -3.92. The molecule has 0 aliphatic carbocycles. The Morgan fingerprint density at radius 1 is 1.19 bits per heavy atom. The van der Waals surface area contributed by atoms with E-state index in [9.17, 15) is 10.1 Å². The molecule has 0 bridgehead atoms. The molecule has 7 nitrogen and oxygen atoms in total. The number of aromatic nitrogens is 1. The number of nitrogens with zero attached hydrogens (tertiary/aromatic N) is 3. The molecule has 3 aromatic rings. The zero-order valence-electron chi connectivity index (χ0n) is 14.5. The minimum Gasteiger partial charge on any atom is -0.493 e. The first kappa shape index (κ1) is 17.9. The van der Waals surface area contributed by atoms with Crippen LogP contribution in [0.4, 0.5) is 5.69 Å². The van der Waals surface area contributed by atoms with Gasteiger partial charge in [-0.1, -0.05) is 30.3 Å². The molecule has 3 rings (SSSR count). The normalized spacial score (nSPS) is 10.7. The lowest BCUT2D eigenvalue weighted by Gasteiger charge is -2.08. The van der Waals surface area contributed by atoms with E-state index in [0.717, 1.165) is 5.56 Å². The molecule has 134 valence electrons. The van der Waals surface area contributed by atoms with Crippen molar-refractivity contribution in [2.24, 2.45) is 0 Å². The fourth-order valence-electron chi connectivity index (χ4n) is 2.59. The van der Waals surface area contributed by atoms with Crippen molar-refractivity contribution in [2.45, 2.75) is 0 Å². The predicted octanol–water partition coefficient (Wildman–Crippen LogP) is 4.22. The van der Waals surface area contributed by atoms with E-state index in [1.807, 2.05) is 18.2 Å². The topological polar surface area (TPSA) is 98.3 Å². The highest BCUT2D eigenvalue weighted by Gasteiger charge is 2.12. The van der Waals surface area contributed by atoms with Crippen molar-refractivity contribution in [3.05, 3.63) is 69.9 Å². The summed E-state index contributed by atoms with van der Waals surface area (Å²) >= 11 is 0. The summed E-state index contributed by atoms with van der Waals surface area (Å²) in [6.07, 6.45) is 3.58. The summed E-state index contributed by atoms with van der Waals surface area (Å²) in [5.74, 6) is 0.991. The van der Waals surface area contributed by atoms with Crippen molar-refractivity contribution < 1.29 is 14.4 Å². The monoisotopic (exact) mass is 361 g/mol. The number of rotatable bonds is 6. The molecule has 0 saturated carbocycles. The van der Waals surface area contributed by atoms with Crippen molar-refractivity contribution in [1.29, 1.82) is 5.26 Å². The highest BCUT2D eigenvalue weighted by Crippen LogP contribution is 2.29. The number of nitro groups is 1. The van der Waals surface area contributed by atoms with Gasteiger partial charge in [-0.3, -0.25) is 10.1 Å². The number of ether oxygens (including phenoxy) is 2. The number of benzene rings is 2. The van der Waals surface area contributed by atoms with Crippen molar-refractivity contribution in [3.8, 4) is 17.6 Å². The van der Waals surface area contributed by atoms with Crippen LogP contribution in [0.3, 0.4) is 0 Å². The number of nitro benzene ring substituents is 1. The lowest BCUT2D eigenvalue weighted by Crippen LogP contribution is -1.96. The lowest BCUT2D eigenvalue weighted by atomic mass is 10.1. The molecule has 0 fully saturated rings. The van der Waals surface area contributed by atoms with Gasteiger partial charge >= 0.3 is 0 Å². The molecule has 1 heterocycles. The molecule has 0 unspecified atom stereocenters. The van der Waals surface area contributed by atoms with Crippen LogP contribution in [0, 0.1) is 21.4 Å². The molecule has 27 heavy (non-hydrogen) atoms. The molecule has 0 aliphatic heterocycles. The van der Waals surface area contributed by atoms with E-state index in [-0.39, 0.29) is 12.3 Å². The number of non-ortho nitro benzene ring substituents is 1. The van der Waals surface area contributed by atoms with Crippen LogP contribution in [0.15, 0.2) is 48.5 Å². The maximum Gasteiger partial charge on any atom is 0.295 e. The number of hydrogen-bond acceptors (Lipinski definition) is 6. The number of methoxy groups -OCH3 is 1. The summed E-state index contributed by atoms with van der Waals surface area (Å²) in [6, 6.07) is 15.7. The summed E-state index contributed by atoms with van der Waals surface area (Å²) in [7, 11) is 1.52. The quantitative estimate of drug-likeness (QED) is 0.481. The molecule has 0 amide bonds. The Balaban J connectivity index is 1.91. The highest BCUT2D eigenvalue weighted by atomic mass is 16.6. The van der Waals surface area contributed by atoms with Crippen LogP contribution < -0.4 is 9.47 Å². The van der Waals surface area contributed by atoms with Gasteiger partial charge in [0.05, 0.1) is 17.7 Å². The molecular weight excluding hydrogens is 346 g/mol. The summed E-state index contributed by atoms with van der Waals surface area (Å²) in [5.41, 5.74) is 1.76. The van der Waals surface area contributed by atoms with Gasteiger partial charge in [0.25, 0.3) is 5.69 Å². The van der Waals surface area contributed by atoms with Gasteiger partial charge in [0.2, 0.25) is 0 Å². The van der Waals surface area contributed by atoms with E-state index in [1.54, 1.807) is 42.5 Å². The zero-order valence-corrected chi connectivity index (χ0v) is 14.5. The minimum atomic E-state index is -0.437. The summed E-state index contributed by atoms with van der Waals surface area (Å²) in [5, 5.41) is 20.5. The van der Waals surface area contributed by atoms with Gasteiger partial charge in [-0.25, -0.2) is 4.98 Å². The maximum atomic E-state index is 11.2. The third-order valence-corrected chi connectivity index (χ3v) is 3.84. The van der Waals surface area contributed by atoms with Gasteiger partial charge in [-0.05, 0) is 29.8 Å². The Labute approximate surface area is 155 Å². The second-order valence-corrected chi connectivity index (χ2v) is 5.53. The van der Waals surface area contributed by atoms with Crippen LogP contribution >= 0.6 is 0 Å². The van der Waals surface area contributed by atoms with Crippen molar-refractivity contribution in [3.63, 3.8) is 0 Å². The van der Waals surface area contributed by atoms with E-state index in [1.165, 1.54) is 13.2 Å². The Kier molecular flexibility index (Phi) is 5.28. The van der Waals surface area contributed by atoms with Gasteiger partial charge in [-0.15, -0.1) is 0 Å². The van der Waals surface area contributed by atoms with Crippen LogP contribution in [-0.2, 0) is 0 Å². The standard InChI is InChI=1S/C20H15N3O4/c1-26-19-13-14(6-10-18(19)27-12-11-21)5-8-16-9-7-15-3-2-4-17(23(24)25)20(15)22-16/h2-10,13H,12H2,1H3/b8-5+. The third kappa shape index (κ3) is 4.02. The van der Waals surface area contributed by atoms with Gasteiger partial charge in [0.15, 0.2) is 18.1 Å². The highest BCUT2D eigenvalue weighted by molar-refractivity contribution is 5.88. The van der Waals surface area contributed by atoms with Gasteiger partial charge in [-0.2, -0.15) is 5.26 Å². The fraction of sp³-hybridized carbons (Fsp3) is 0.100. The van der Waals surface area contributed by atoms with Gasteiger partial charge < -0.3 is 9.47 Å². The van der Waals surface area contributed by atoms with Crippen molar-refractivity contribution in [1.82, 2.24) is 4.98 Å². The Morgan fingerprint density at radius 3 is 2.78 bits per heavy atom. The number of fused-ring (bicyclic) bond motifs is 1. The first-order valence-electron chi connectivity index (χ1n) is 8.02. The van der Waals surface area contributed by atoms with Crippen LogP contribution in [-0.4, -0.2) is 23.6 Å². The van der Waals surface area contributed by atoms with E-state index in [0.29, 0.717) is 28.1 Å². The molecule has 0 spiro atoms. The van der Waals surface area contributed by atoms with E-state index >= 15 is 0 Å². The smallest absolute Gasteiger partial charge is 0.295 e. The molecule has 1 aromatic heterocycles. The zero-order chi connectivity index (χ0) is 19.2. The van der Waals surface area contributed by atoms with E-state index in [4.69, 9.17) is 14.7 Å². The summed E-state index contributed by atoms with van der Waals surface area (Å²) in [6.45, 7) is -0.0642. The number of hydrogen-bond donors (Lipinski definition) is 0. The summed E-state index contributed by atoms with van der Waals surface area (Å²) in [4.78, 5) is 15.1. The fourth-order valence-corrected chi connectivity index (χ4v) is 2.59. The molecule has 0 aliphatic rings. The largest absolute Gasteiger partial charge is 0.493 e. The van der Waals surface area contributed by atoms with Crippen LogP contribution in [0.2, 0.25) is 0 Å². The van der Waals surface area contributed by atoms with Gasteiger partial charge in [0.1, 0.15) is 11.6 Å². The van der Waals surface area contributed by atoms with Crippen LogP contribution in [0.1, 0.15) is 11.3 Å².